The van der Waals surface area contributed by atoms with Gasteiger partial charge < -0.3 is 9.88 Å². The number of anilines is 1. The molecule has 0 atom stereocenters. The Morgan fingerprint density at radius 1 is 1.03 bits per heavy atom. The van der Waals surface area contributed by atoms with Crippen molar-refractivity contribution >= 4 is 34.3 Å². The quantitative estimate of drug-likeness (QED) is 0.386. The number of rotatable bonds is 6. The van der Waals surface area contributed by atoms with Crippen LogP contribution in [0.3, 0.4) is 0 Å². The van der Waals surface area contributed by atoms with Gasteiger partial charge in [0, 0.05) is 34.6 Å². The lowest BCUT2D eigenvalue weighted by atomic mass is 10.1. The van der Waals surface area contributed by atoms with E-state index in [0.717, 1.165) is 34.5 Å². The standard InChI is InChI=1S/C24H20F2N2OS/c1-16-6-8-17(9-7-16)13-28-14-23(19-4-2-3-5-22(19)28)30-15-24(29)27-21-11-10-18(25)12-20(21)26/h2-12,14H,13,15H2,1H3,(H,27,29). The maximum absolute atomic E-state index is 13.8. The smallest absolute Gasteiger partial charge is 0.234 e. The van der Waals surface area contributed by atoms with E-state index in [-0.39, 0.29) is 17.3 Å². The molecular weight excluding hydrogens is 402 g/mol. The Hall–Kier alpha value is -3.12. The number of halogens is 2. The fraction of sp³-hybridized carbons (Fsp3) is 0.125. The van der Waals surface area contributed by atoms with Gasteiger partial charge in [0.05, 0.1) is 11.4 Å². The number of aromatic nitrogens is 1. The van der Waals surface area contributed by atoms with Crippen LogP contribution in [0.15, 0.2) is 77.8 Å². The van der Waals surface area contributed by atoms with Crippen LogP contribution in [-0.4, -0.2) is 16.2 Å². The maximum Gasteiger partial charge on any atom is 0.234 e. The zero-order valence-electron chi connectivity index (χ0n) is 16.4. The van der Waals surface area contributed by atoms with Gasteiger partial charge in [-0.15, -0.1) is 11.8 Å². The molecule has 4 aromatic rings. The molecule has 0 saturated heterocycles. The van der Waals surface area contributed by atoms with Gasteiger partial charge in [-0.05, 0) is 30.7 Å². The number of hydrogen-bond acceptors (Lipinski definition) is 2. The van der Waals surface area contributed by atoms with Crippen LogP contribution in [0.25, 0.3) is 10.9 Å². The molecule has 30 heavy (non-hydrogen) atoms. The van der Waals surface area contributed by atoms with Crippen molar-refractivity contribution in [2.75, 3.05) is 11.1 Å². The van der Waals surface area contributed by atoms with E-state index in [9.17, 15) is 13.6 Å². The van der Waals surface area contributed by atoms with Crippen molar-refractivity contribution in [2.45, 2.75) is 18.4 Å². The predicted octanol–water partition coefficient (Wildman–Crippen LogP) is 6.01. The number of hydrogen-bond donors (Lipinski definition) is 1. The Balaban J connectivity index is 1.50. The fourth-order valence-corrected chi connectivity index (χ4v) is 4.16. The molecule has 0 saturated carbocycles. The summed E-state index contributed by atoms with van der Waals surface area (Å²) in [7, 11) is 0. The summed E-state index contributed by atoms with van der Waals surface area (Å²) in [5.41, 5.74) is 3.48. The number of aryl methyl sites for hydroxylation is 1. The van der Waals surface area contributed by atoms with Crippen LogP contribution in [0.1, 0.15) is 11.1 Å². The summed E-state index contributed by atoms with van der Waals surface area (Å²) in [4.78, 5) is 13.3. The van der Waals surface area contributed by atoms with Gasteiger partial charge in [-0.25, -0.2) is 8.78 Å². The molecule has 1 aromatic heterocycles. The predicted molar refractivity (Wildman–Crippen MR) is 118 cm³/mol. The molecule has 3 aromatic carbocycles. The van der Waals surface area contributed by atoms with E-state index in [1.807, 2.05) is 24.4 Å². The van der Waals surface area contributed by atoms with Crippen LogP contribution in [0.5, 0.6) is 0 Å². The fourth-order valence-electron chi connectivity index (χ4n) is 3.27. The molecule has 0 unspecified atom stereocenters. The Morgan fingerprint density at radius 2 is 1.80 bits per heavy atom. The van der Waals surface area contributed by atoms with E-state index < -0.39 is 11.6 Å². The number of carbonyl (C=O) groups excluding carboxylic acids is 1. The van der Waals surface area contributed by atoms with Gasteiger partial charge in [0.1, 0.15) is 11.6 Å². The maximum atomic E-state index is 13.8. The molecule has 1 amide bonds. The zero-order valence-corrected chi connectivity index (χ0v) is 17.2. The molecule has 0 aliphatic carbocycles. The average molecular weight is 423 g/mol. The van der Waals surface area contributed by atoms with E-state index in [2.05, 4.69) is 47.1 Å². The minimum absolute atomic E-state index is 0.0243. The number of nitrogens with zero attached hydrogens (tertiary/aromatic N) is 1. The number of amides is 1. The number of thioether (sulfide) groups is 1. The summed E-state index contributed by atoms with van der Waals surface area (Å²) in [6.45, 7) is 2.79. The summed E-state index contributed by atoms with van der Waals surface area (Å²) in [5, 5.41) is 3.56. The largest absolute Gasteiger partial charge is 0.342 e. The van der Waals surface area contributed by atoms with E-state index in [1.54, 1.807) is 0 Å². The second kappa shape index (κ2) is 8.71. The highest BCUT2D eigenvalue weighted by molar-refractivity contribution is 8.00. The van der Waals surface area contributed by atoms with Crippen LogP contribution in [0.2, 0.25) is 0 Å². The van der Waals surface area contributed by atoms with E-state index >= 15 is 0 Å². The number of fused-ring (bicyclic) bond motifs is 1. The lowest BCUT2D eigenvalue weighted by Crippen LogP contribution is -2.15. The average Bonchev–Trinajstić information content (AvgIpc) is 3.08. The first-order valence-electron chi connectivity index (χ1n) is 9.51. The second-order valence-corrected chi connectivity index (χ2v) is 8.10. The highest BCUT2D eigenvalue weighted by atomic mass is 32.2. The van der Waals surface area contributed by atoms with Crippen molar-refractivity contribution in [2.24, 2.45) is 0 Å². The number of para-hydroxylation sites is 1. The van der Waals surface area contributed by atoms with Gasteiger partial charge >= 0.3 is 0 Å². The molecule has 4 rings (SSSR count). The van der Waals surface area contributed by atoms with Crippen molar-refractivity contribution in [1.29, 1.82) is 0 Å². The minimum atomic E-state index is -0.789. The molecule has 0 fully saturated rings. The third-order valence-corrected chi connectivity index (χ3v) is 5.83. The Labute approximate surface area is 177 Å². The van der Waals surface area contributed by atoms with Crippen molar-refractivity contribution in [3.63, 3.8) is 0 Å². The topological polar surface area (TPSA) is 34.0 Å². The molecule has 6 heteroatoms. The van der Waals surface area contributed by atoms with Crippen molar-refractivity contribution in [3.8, 4) is 0 Å². The van der Waals surface area contributed by atoms with Crippen LogP contribution < -0.4 is 5.32 Å². The molecule has 0 radical (unpaired) electrons. The summed E-state index contributed by atoms with van der Waals surface area (Å²) in [6, 6.07) is 19.5. The molecule has 0 bridgehead atoms. The third-order valence-electron chi connectivity index (χ3n) is 4.79. The van der Waals surface area contributed by atoms with Crippen LogP contribution in [0.4, 0.5) is 14.5 Å². The van der Waals surface area contributed by atoms with Gasteiger partial charge in [0.25, 0.3) is 0 Å². The lowest BCUT2D eigenvalue weighted by Gasteiger charge is -2.06. The number of carbonyl (C=O) groups is 1. The van der Waals surface area contributed by atoms with Crippen molar-refractivity contribution in [3.05, 3.63) is 95.7 Å². The van der Waals surface area contributed by atoms with Gasteiger partial charge in [-0.3, -0.25) is 4.79 Å². The highest BCUT2D eigenvalue weighted by Gasteiger charge is 2.13. The first-order valence-corrected chi connectivity index (χ1v) is 10.5. The Kier molecular flexibility index (Phi) is 5.86. The van der Waals surface area contributed by atoms with Crippen molar-refractivity contribution in [1.82, 2.24) is 4.57 Å². The summed E-state index contributed by atoms with van der Waals surface area (Å²) < 4.78 is 28.9. The Bertz CT molecular complexity index is 1200. The van der Waals surface area contributed by atoms with E-state index in [4.69, 9.17) is 0 Å². The van der Waals surface area contributed by atoms with Gasteiger partial charge in [-0.2, -0.15) is 0 Å². The van der Waals surface area contributed by atoms with Crippen LogP contribution >= 0.6 is 11.8 Å². The molecule has 3 nitrogen and oxygen atoms in total. The van der Waals surface area contributed by atoms with Gasteiger partial charge in [-0.1, -0.05) is 48.0 Å². The molecule has 1 heterocycles. The highest BCUT2D eigenvalue weighted by Crippen LogP contribution is 2.30. The first kappa shape index (κ1) is 20.2. The Morgan fingerprint density at radius 3 is 2.57 bits per heavy atom. The summed E-state index contributed by atoms with van der Waals surface area (Å²) >= 11 is 1.39. The van der Waals surface area contributed by atoms with E-state index in [0.29, 0.717) is 0 Å². The first-order chi connectivity index (χ1) is 14.5. The number of nitrogens with one attached hydrogen (secondary N) is 1. The molecule has 0 spiro atoms. The van der Waals surface area contributed by atoms with Gasteiger partial charge in [0.2, 0.25) is 5.91 Å². The zero-order chi connectivity index (χ0) is 21.1. The summed E-state index contributed by atoms with van der Waals surface area (Å²) in [6.07, 6.45) is 2.04. The normalized spacial score (nSPS) is 11.0. The monoisotopic (exact) mass is 422 g/mol. The number of benzene rings is 3. The van der Waals surface area contributed by atoms with Crippen LogP contribution in [-0.2, 0) is 11.3 Å². The SMILES string of the molecule is Cc1ccc(Cn2cc(SCC(=O)Nc3ccc(F)cc3F)c3ccccc32)cc1. The molecule has 1 N–H and O–H groups in total. The van der Waals surface area contributed by atoms with E-state index in [1.165, 1.54) is 29.0 Å². The molecule has 0 aliphatic heterocycles. The minimum Gasteiger partial charge on any atom is -0.342 e. The molecule has 152 valence electrons. The lowest BCUT2D eigenvalue weighted by molar-refractivity contribution is -0.113. The van der Waals surface area contributed by atoms with Crippen molar-refractivity contribution < 1.29 is 13.6 Å². The van der Waals surface area contributed by atoms with Crippen LogP contribution in [0, 0.1) is 18.6 Å². The summed E-state index contributed by atoms with van der Waals surface area (Å²) in [5.74, 6) is -1.69. The third kappa shape index (κ3) is 4.54. The van der Waals surface area contributed by atoms with Gasteiger partial charge in [0.15, 0.2) is 0 Å². The second-order valence-electron chi connectivity index (χ2n) is 7.09. The molecular formula is C24H20F2N2OS. The molecule has 0 aliphatic rings.